The predicted molar refractivity (Wildman–Crippen MR) is 148 cm³/mol. The number of nitrogens with zero attached hydrogens (tertiary/aromatic N) is 4. The van der Waals surface area contributed by atoms with E-state index >= 15 is 0 Å². The van der Waals surface area contributed by atoms with Crippen LogP contribution >= 0.6 is 11.3 Å². The number of ether oxygens (including phenoxy) is 3. The van der Waals surface area contributed by atoms with Gasteiger partial charge in [0.2, 0.25) is 0 Å². The molecule has 4 heterocycles. The fraction of sp³-hybridized carbons (Fsp3) is 0.345. The van der Waals surface area contributed by atoms with Crippen molar-refractivity contribution in [1.29, 1.82) is 0 Å². The summed E-state index contributed by atoms with van der Waals surface area (Å²) in [5, 5.41) is 11.9. The van der Waals surface area contributed by atoms with Crippen molar-refractivity contribution in [3.63, 3.8) is 0 Å². The van der Waals surface area contributed by atoms with Gasteiger partial charge >= 0.3 is 12.3 Å². The third-order valence-corrected chi connectivity index (χ3v) is 8.00. The third-order valence-electron chi connectivity index (χ3n) is 7.24. The van der Waals surface area contributed by atoms with Crippen molar-refractivity contribution in [3.8, 4) is 10.9 Å². The molecule has 2 aromatic carbocycles. The first-order valence-corrected chi connectivity index (χ1v) is 14.3. The van der Waals surface area contributed by atoms with Crippen LogP contribution in [0.3, 0.4) is 0 Å². The van der Waals surface area contributed by atoms with Crippen LogP contribution in [0.5, 0.6) is 10.9 Å². The first-order chi connectivity index (χ1) is 20.2. The number of fused-ring (bicyclic) bond motifs is 1. The van der Waals surface area contributed by atoms with E-state index in [0.717, 1.165) is 54.1 Å². The van der Waals surface area contributed by atoms with Crippen LogP contribution < -0.4 is 9.47 Å². The van der Waals surface area contributed by atoms with Gasteiger partial charge in [-0.2, -0.15) is 0 Å². The first kappa shape index (κ1) is 28.2. The Hall–Kier alpha value is -3.94. The van der Waals surface area contributed by atoms with Crippen LogP contribution in [0.25, 0.3) is 16.6 Å². The second kappa shape index (κ2) is 11.7. The first-order valence-electron chi connectivity index (χ1n) is 13.4. The molecule has 0 saturated carbocycles. The molecule has 0 bridgehead atoms. The topological polar surface area (TPSA) is 98.9 Å². The second-order valence-corrected chi connectivity index (χ2v) is 10.9. The van der Waals surface area contributed by atoms with Crippen LogP contribution in [0.15, 0.2) is 53.9 Å². The lowest BCUT2D eigenvalue weighted by Gasteiger charge is -2.29. The van der Waals surface area contributed by atoms with E-state index in [1.165, 1.54) is 35.6 Å². The Balaban J connectivity index is 1.08. The van der Waals surface area contributed by atoms with Crippen molar-refractivity contribution in [2.45, 2.75) is 45.0 Å². The smallest absolute Gasteiger partial charge is 0.478 e. The monoisotopic (exact) mass is 600 g/mol. The Labute approximate surface area is 242 Å². The van der Waals surface area contributed by atoms with Gasteiger partial charge in [-0.1, -0.05) is 29.5 Å². The molecule has 9 nitrogen and oxygen atoms in total. The van der Waals surface area contributed by atoms with Gasteiger partial charge in [-0.15, -0.1) is 13.2 Å². The fourth-order valence-electron chi connectivity index (χ4n) is 4.95. The molecule has 0 unspecified atom stereocenters. The minimum atomic E-state index is -4.73. The van der Waals surface area contributed by atoms with Gasteiger partial charge in [0.1, 0.15) is 18.2 Å². The zero-order valence-corrected chi connectivity index (χ0v) is 23.2. The lowest BCUT2D eigenvalue weighted by atomic mass is 10.1. The summed E-state index contributed by atoms with van der Waals surface area (Å²) in [6.45, 7) is 3.67. The predicted octanol–water partition coefficient (Wildman–Crippen LogP) is 5.75. The largest absolute Gasteiger partial charge is 0.573 e. The molecule has 0 aliphatic carbocycles. The van der Waals surface area contributed by atoms with Gasteiger partial charge < -0.3 is 23.9 Å². The average molecular weight is 601 g/mol. The highest BCUT2D eigenvalue weighted by Gasteiger charge is 2.31. The van der Waals surface area contributed by atoms with Crippen LogP contribution in [-0.2, 0) is 24.4 Å². The summed E-state index contributed by atoms with van der Waals surface area (Å²) in [5.74, 6) is -0.371. The average Bonchev–Trinajstić information content (AvgIpc) is 3.54. The standard InChI is InChI=1S/C29H27F3N4O5S/c30-29(31,32)41-21-4-1-18(2-5-21)16-40-28-34-24(17-42-28)19-7-10-35(11-8-19)15-26-33-23-6-3-20(27(37)38)13-25(23)36(26)14-22-9-12-39-22/h1-7,13,17,22H,8-12,14-16H2,(H,37,38)/t22-/m0/s1. The molecule has 13 heteroatoms. The van der Waals surface area contributed by atoms with E-state index in [1.807, 2.05) is 5.38 Å². The molecule has 4 aromatic rings. The van der Waals surface area contributed by atoms with Crippen molar-refractivity contribution < 1.29 is 37.3 Å². The van der Waals surface area contributed by atoms with Crippen molar-refractivity contribution in [2.24, 2.45) is 0 Å². The van der Waals surface area contributed by atoms with Gasteiger partial charge in [-0.3, -0.25) is 4.90 Å². The quantitative estimate of drug-likeness (QED) is 0.246. The number of hydrogen-bond acceptors (Lipinski definition) is 8. The Morgan fingerprint density at radius 2 is 1.98 bits per heavy atom. The Morgan fingerprint density at radius 3 is 2.64 bits per heavy atom. The Morgan fingerprint density at radius 1 is 1.17 bits per heavy atom. The minimum absolute atomic E-state index is 0.103. The summed E-state index contributed by atoms with van der Waals surface area (Å²) in [7, 11) is 0. The molecule has 1 N–H and O–H groups in total. The number of alkyl halides is 3. The zero-order valence-electron chi connectivity index (χ0n) is 22.3. The van der Waals surface area contributed by atoms with Gasteiger partial charge in [-0.05, 0) is 54.3 Å². The zero-order chi connectivity index (χ0) is 29.3. The molecule has 2 aliphatic rings. The van der Waals surface area contributed by atoms with Crippen molar-refractivity contribution in [3.05, 3.63) is 76.6 Å². The van der Waals surface area contributed by atoms with E-state index in [0.29, 0.717) is 30.4 Å². The molecule has 2 aromatic heterocycles. The maximum atomic E-state index is 12.3. The van der Waals surface area contributed by atoms with Gasteiger partial charge in [0.15, 0.2) is 0 Å². The normalized spacial score (nSPS) is 17.6. The molecule has 0 spiro atoms. The number of hydrogen-bond donors (Lipinski definition) is 1. The van der Waals surface area contributed by atoms with Gasteiger partial charge in [0.25, 0.3) is 5.19 Å². The number of imidazole rings is 1. The number of thiazole rings is 1. The summed E-state index contributed by atoms with van der Waals surface area (Å²) in [4.78, 5) is 23.3. The second-order valence-electron chi connectivity index (χ2n) is 10.1. The van der Waals surface area contributed by atoms with Gasteiger partial charge in [0.05, 0.1) is 41.5 Å². The van der Waals surface area contributed by atoms with Crippen LogP contribution in [0, 0.1) is 0 Å². The molecule has 0 amide bonds. The van der Waals surface area contributed by atoms with Crippen LogP contribution in [0.2, 0.25) is 0 Å². The number of aromatic nitrogens is 3. The van der Waals surface area contributed by atoms with Crippen molar-refractivity contribution in [2.75, 3.05) is 19.7 Å². The molecule has 0 radical (unpaired) electrons. The Bertz CT molecular complexity index is 1610. The summed E-state index contributed by atoms with van der Waals surface area (Å²) in [5.41, 5.74) is 4.46. The minimum Gasteiger partial charge on any atom is -0.478 e. The Kier molecular flexibility index (Phi) is 7.88. The molecule has 220 valence electrons. The molecule has 42 heavy (non-hydrogen) atoms. The lowest BCUT2D eigenvalue weighted by molar-refractivity contribution is -0.274. The van der Waals surface area contributed by atoms with Crippen molar-refractivity contribution >= 4 is 33.9 Å². The van der Waals surface area contributed by atoms with E-state index in [9.17, 15) is 23.1 Å². The molecule has 6 rings (SSSR count). The number of carboxylic acid groups (broad SMARTS) is 1. The summed E-state index contributed by atoms with van der Waals surface area (Å²) >= 11 is 1.37. The van der Waals surface area contributed by atoms with Crippen LogP contribution in [0.1, 0.15) is 40.3 Å². The molecule has 2 aliphatic heterocycles. The molecule has 1 saturated heterocycles. The summed E-state index contributed by atoms with van der Waals surface area (Å²) < 4.78 is 54.4. The molecular formula is C29H27F3N4O5S. The number of carbonyl (C=O) groups is 1. The highest BCUT2D eigenvalue weighted by Crippen LogP contribution is 2.30. The summed E-state index contributed by atoms with van der Waals surface area (Å²) in [6.07, 6.45) is -0.719. The van der Waals surface area contributed by atoms with Crippen molar-refractivity contribution in [1.82, 2.24) is 19.4 Å². The number of halogens is 3. The van der Waals surface area contributed by atoms with E-state index < -0.39 is 12.3 Å². The maximum Gasteiger partial charge on any atom is 0.573 e. The number of benzene rings is 2. The fourth-order valence-corrected chi connectivity index (χ4v) is 5.65. The number of rotatable bonds is 10. The molecule has 1 atom stereocenters. The van der Waals surface area contributed by atoms with E-state index in [-0.39, 0.29) is 24.0 Å². The van der Waals surface area contributed by atoms with Gasteiger partial charge in [-0.25, -0.2) is 14.8 Å². The highest BCUT2D eigenvalue weighted by atomic mass is 32.1. The van der Waals surface area contributed by atoms with E-state index in [1.54, 1.807) is 18.2 Å². The SMILES string of the molecule is O=C(O)c1ccc2nc(CN3CC=C(c4csc(OCc5ccc(OC(F)(F)F)cc5)n4)CC3)n(C[C@@H]3CCO3)c2c1. The third kappa shape index (κ3) is 6.58. The van der Waals surface area contributed by atoms with Gasteiger partial charge in [0, 0.05) is 25.1 Å². The van der Waals surface area contributed by atoms with E-state index in [4.69, 9.17) is 14.5 Å². The number of aromatic carboxylic acids is 1. The summed E-state index contributed by atoms with van der Waals surface area (Å²) in [6, 6.07) is 10.6. The van der Waals surface area contributed by atoms with Crippen LogP contribution in [-0.4, -0.2) is 62.7 Å². The van der Waals surface area contributed by atoms with E-state index in [2.05, 4.69) is 25.3 Å². The highest BCUT2D eigenvalue weighted by molar-refractivity contribution is 7.11. The molecular weight excluding hydrogens is 573 g/mol. The maximum absolute atomic E-state index is 12.3. The lowest BCUT2D eigenvalue weighted by Crippen LogP contribution is -2.33. The number of carboxylic acids is 1. The van der Waals surface area contributed by atoms with Crippen LogP contribution in [0.4, 0.5) is 13.2 Å². The molecule has 1 fully saturated rings.